The first-order valence-corrected chi connectivity index (χ1v) is 7.60. The van der Waals surface area contributed by atoms with Gasteiger partial charge < -0.3 is 5.11 Å². The normalized spacial score (nSPS) is 31.4. The molecule has 2 atom stereocenters. The average molecular weight is 283 g/mol. The second-order valence-electron chi connectivity index (χ2n) is 6.33. The maximum absolute atomic E-state index is 13.1. The molecule has 2 saturated carbocycles. The lowest BCUT2D eigenvalue weighted by molar-refractivity contribution is -0.0195. The van der Waals surface area contributed by atoms with E-state index < -0.39 is 5.60 Å². The predicted molar refractivity (Wildman–Crippen MR) is 74.7 cm³/mol. The highest BCUT2D eigenvalue weighted by atomic mass is 35.5. The Labute approximate surface area is 118 Å². The van der Waals surface area contributed by atoms with E-state index in [4.69, 9.17) is 11.6 Å². The Bertz CT molecular complexity index is 472. The minimum absolute atomic E-state index is 0.319. The first-order valence-electron chi connectivity index (χ1n) is 7.22. The third-order valence-corrected chi connectivity index (χ3v) is 5.03. The molecule has 0 spiro atoms. The molecule has 1 aromatic rings. The molecule has 1 N–H and O–H groups in total. The molecular formula is C16H20ClFO. The zero-order chi connectivity index (χ0) is 13.5. The second-order valence-corrected chi connectivity index (χ2v) is 6.74. The molecule has 2 fully saturated rings. The highest BCUT2D eigenvalue weighted by Crippen LogP contribution is 2.47. The lowest BCUT2D eigenvalue weighted by atomic mass is 9.73. The number of hydrogen-bond donors (Lipinski definition) is 1. The van der Waals surface area contributed by atoms with Crippen LogP contribution in [0.3, 0.4) is 0 Å². The zero-order valence-corrected chi connectivity index (χ0v) is 11.8. The van der Waals surface area contributed by atoms with Crippen LogP contribution in [-0.2, 0) is 6.42 Å². The van der Waals surface area contributed by atoms with E-state index in [1.165, 1.54) is 31.4 Å². The monoisotopic (exact) mass is 282 g/mol. The van der Waals surface area contributed by atoms with E-state index in [1.807, 2.05) is 0 Å². The summed E-state index contributed by atoms with van der Waals surface area (Å²) >= 11 is 6.07. The molecule has 19 heavy (non-hydrogen) atoms. The fourth-order valence-electron chi connectivity index (χ4n) is 3.54. The van der Waals surface area contributed by atoms with Crippen LogP contribution < -0.4 is 0 Å². The lowest BCUT2D eigenvalue weighted by Gasteiger charge is -2.37. The Morgan fingerprint density at radius 2 is 2.05 bits per heavy atom. The van der Waals surface area contributed by atoms with Gasteiger partial charge in [0.05, 0.1) is 5.60 Å². The van der Waals surface area contributed by atoms with E-state index in [0.717, 1.165) is 30.7 Å². The number of benzene rings is 1. The van der Waals surface area contributed by atoms with E-state index in [0.29, 0.717) is 17.4 Å². The molecule has 0 bridgehead atoms. The van der Waals surface area contributed by atoms with Gasteiger partial charge in [-0.25, -0.2) is 4.39 Å². The minimum atomic E-state index is -0.646. The summed E-state index contributed by atoms with van der Waals surface area (Å²) in [5, 5.41) is 11.2. The summed E-state index contributed by atoms with van der Waals surface area (Å²) in [5.74, 6) is 1.20. The van der Waals surface area contributed by atoms with Crippen LogP contribution in [-0.4, -0.2) is 10.7 Å². The van der Waals surface area contributed by atoms with Gasteiger partial charge in [0, 0.05) is 11.4 Å². The standard InChI is InChI=1S/C16H20ClFO/c17-15-8-14(18)6-5-13(15)10-16(19)7-1-2-12(9-16)11-3-4-11/h5-6,8,11-12,19H,1-4,7,9-10H2. The predicted octanol–water partition coefficient (Wildman–Crippen LogP) is 4.35. The van der Waals surface area contributed by atoms with Gasteiger partial charge in [-0.3, -0.25) is 0 Å². The number of rotatable bonds is 3. The fraction of sp³-hybridized carbons (Fsp3) is 0.625. The third kappa shape index (κ3) is 3.11. The number of halogens is 2. The summed E-state index contributed by atoms with van der Waals surface area (Å²) in [7, 11) is 0. The smallest absolute Gasteiger partial charge is 0.124 e. The molecule has 3 rings (SSSR count). The van der Waals surface area contributed by atoms with Gasteiger partial charge in [0.1, 0.15) is 5.82 Å². The van der Waals surface area contributed by atoms with E-state index in [-0.39, 0.29) is 5.82 Å². The molecule has 2 aliphatic carbocycles. The van der Waals surface area contributed by atoms with Crippen LogP contribution in [0, 0.1) is 17.7 Å². The van der Waals surface area contributed by atoms with Gasteiger partial charge in [-0.15, -0.1) is 0 Å². The number of aliphatic hydroxyl groups is 1. The van der Waals surface area contributed by atoms with Gasteiger partial charge in [0.15, 0.2) is 0 Å². The van der Waals surface area contributed by atoms with Crippen LogP contribution in [0.1, 0.15) is 44.1 Å². The fourth-order valence-corrected chi connectivity index (χ4v) is 3.77. The largest absolute Gasteiger partial charge is 0.390 e. The van der Waals surface area contributed by atoms with Gasteiger partial charge in [0.2, 0.25) is 0 Å². The van der Waals surface area contributed by atoms with Crippen LogP contribution in [0.5, 0.6) is 0 Å². The Balaban J connectivity index is 1.73. The summed E-state index contributed by atoms with van der Waals surface area (Å²) < 4.78 is 13.1. The van der Waals surface area contributed by atoms with Crippen molar-refractivity contribution in [1.82, 2.24) is 0 Å². The zero-order valence-electron chi connectivity index (χ0n) is 11.0. The van der Waals surface area contributed by atoms with Crippen LogP contribution in [0.4, 0.5) is 4.39 Å². The van der Waals surface area contributed by atoms with Crippen LogP contribution in [0.25, 0.3) is 0 Å². The molecule has 1 aromatic carbocycles. The molecule has 2 aliphatic rings. The van der Waals surface area contributed by atoms with Crippen molar-refractivity contribution in [3.05, 3.63) is 34.6 Å². The first kappa shape index (κ1) is 13.4. The van der Waals surface area contributed by atoms with E-state index >= 15 is 0 Å². The summed E-state index contributed by atoms with van der Waals surface area (Å²) in [6.07, 6.45) is 7.28. The van der Waals surface area contributed by atoms with Gasteiger partial charge in [-0.05, 0) is 61.6 Å². The SMILES string of the molecule is OC1(Cc2ccc(F)cc2Cl)CCCC(C2CC2)C1. The van der Waals surface area contributed by atoms with Crippen molar-refractivity contribution in [2.24, 2.45) is 11.8 Å². The van der Waals surface area contributed by atoms with E-state index in [2.05, 4.69) is 0 Å². The van der Waals surface area contributed by atoms with Crippen molar-refractivity contribution in [2.75, 3.05) is 0 Å². The Kier molecular flexibility index (Phi) is 3.57. The molecular weight excluding hydrogens is 263 g/mol. The van der Waals surface area contributed by atoms with Gasteiger partial charge in [-0.2, -0.15) is 0 Å². The van der Waals surface area contributed by atoms with Gasteiger partial charge >= 0.3 is 0 Å². The quantitative estimate of drug-likeness (QED) is 0.874. The maximum Gasteiger partial charge on any atom is 0.124 e. The van der Waals surface area contributed by atoms with Crippen LogP contribution in [0.15, 0.2) is 18.2 Å². The Morgan fingerprint density at radius 3 is 2.74 bits per heavy atom. The average Bonchev–Trinajstić information content (AvgIpc) is 3.17. The molecule has 0 aromatic heterocycles. The highest BCUT2D eigenvalue weighted by Gasteiger charge is 2.41. The van der Waals surface area contributed by atoms with E-state index in [1.54, 1.807) is 6.07 Å². The molecule has 104 valence electrons. The molecule has 3 heteroatoms. The van der Waals surface area contributed by atoms with Crippen molar-refractivity contribution in [3.63, 3.8) is 0 Å². The highest BCUT2D eigenvalue weighted by molar-refractivity contribution is 6.31. The molecule has 0 amide bonds. The second kappa shape index (κ2) is 5.06. The summed E-state index contributed by atoms with van der Waals surface area (Å²) in [6.45, 7) is 0. The van der Waals surface area contributed by atoms with Crippen molar-refractivity contribution in [1.29, 1.82) is 0 Å². The molecule has 0 heterocycles. The first-order chi connectivity index (χ1) is 9.06. The molecule has 1 nitrogen and oxygen atoms in total. The van der Waals surface area contributed by atoms with Crippen molar-refractivity contribution in [2.45, 2.75) is 50.5 Å². The molecule has 0 radical (unpaired) electrons. The molecule has 0 aliphatic heterocycles. The van der Waals surface area contributed by atoms with Crippen LogP contribution >= 0.6 is 11.6 Å². The van der Waals surface area contributed by atoms with Gasteiger partial charge in [0.25, 0.3) is 0 Å². The minimum Gasteiger partial charge on any atom is -0.390 e. The Hall–Kier alpha value is -0.600. The summed E-state index contributed by atoms with van der Waals surface area (Å²) in [6, 6.07) is 4.46. The van der Waals surface area contributed by atoms with Gasteiger partial charge in [-0.1, -0.05) is 24.1 Å². The molecule has 0 saturated heterocycles. The summed E-state index contributed by atoms with van der Waals surface area (Å²) in [5.41, 5.74) is 0.217. The topological polar surface area (TPSA) is 20.2 Å². The Morgan fingerprint density at radius 1 is 1.26 bits per heavy atom. The van der Waals surface area contributed by atoms with Crippen LogP contribution in [0.2, 0.25) is 5.02 Å². The lowest BCUT2D eigenvalue weighted by Crippen LogP contribution is -2.38. The summed E-state index contributed by atoms with van der Waals surface area (Å²) in [4.78, 5) is 0. The van der Waals surface area contributed by atoms with E-state index in [9.17, 15) is 9.50 Å². The molecule has 2 unspecified atom stereocenters. The maximum atomic E-state index is 13.1. The van der Waals surface area contributed by atoms with Crippen molar-refractivity contribution in [3.8, 4) is 0 Å². The van der Waals surface area contributed by atoms with Crippen molar-refractivity contribution < 1.29 is 9.50 Å². The van der Waals surface area contributed by atoms with Crippen molar-refractivity contribution >= 4 is 11.6 Å². The third-order valence-electron chi connectivity index (χ3n) is 4.68. The number of hydrogen-bond acceptors (Lipinski definition) is 1.